The Morgan fingerprint density at radius 3 is 2.83 bits per heavy atom. The molecule has 0 saturated carbocycles. The van der Waals surface area contributed by atoms with Gasteiger partial charge in [0.05, 0.1) is 12.6 Å². The standard InChI is InChI=1S/C14H17BrN2O/c1-4-8-16-14(18)11(3)17-10(2)12-6-5-7-13(15)9-12/h1,5-7,9-11,17H,8H2,2-3H3,(H,16,18)/t10-,11?/m0/s1. The normalized spacial score (nSPS) is 13.4. The van der Waals surface area contributed by atoms with Crippen molar-refractivity contribution in [2.45, 2.75) is 25.9 Å². The van der Waals surface area contributed by atoms with Gasteiger partial charge in [-0.1, -0.05) is 34.0 Å². The zero-order valence-electron chi connectivity index (χ0n) is 10.5. The van der Waals surface area contributed by atoms with Crippen molar-refractivity contribution in [1.29, 1.82) is 0 Å². The summed E-state index contributed by atoms with van der Waals surface area (Å²) in [4.78, 5) is 11.7. The van der Waals surface area contributed by atoms with Gasteiger partial charge in [-0.05, 0) is 31.5 Å². The summed E-state index contributed by atoms with van der Waals surface area (Å²) in [5.74, 6) is 2.29. The van der Waals surface area contributed by atoms with E-state index >= 15 is 0 Å². The first-order valence-corrected chi connectivity index (χ1v) is 6.56. The number of rotatable bonds is 5. The molecule has 2 N–H and O–H groups in total. The quantitative estimate of drug-likeness (QED) is 0.819. The molecule has 0 aliphatic rings. The summed E-state index contributed by atoms with van der Waals surface area (Å²) in [7, 11) is 0. The third-order valence-corrected chi connectivity index (χ3v) is 3.10. The van der Waals surface area contributed by atoms with Gasteiger partial charge in [-0.15, -0.1) is 6.42 Å². The summed E-state index contributed by atoms with van der Waals surface area (Å²) in [6.45, 7) is 4.10. The van der Waals surface area contributed by atoms with Crippen LogP contribution in [-0.4, -0.2) is 18.5 Å². The van der Waals surface area contributed by atoms with E-state index in [-0.39, 0.29) is 24.5 Å². The lowest BCUT2D eigenvalue weighted by molar-refractivity contribution is -0.122. The van der Waals surface area contributed by atoms with Crippen LogP contribution in [0.15, 0.2) is 28.7 Å². The van der Waals surface area contributed by atoms with E-state index in [9.17, 15) is 4.79 Å². The van der Waals surface area contributed by atoms with E-state index < -0.39 is 0 Å². The predicted octanol–water partition coefficient (Wildman–Crippen LogP) is 2.24. The number of carbonyl (C=O) groups is 1. The fourth-order valence-corrected chi connectivity index (χ4v) is 2.03. The van der Waals surface area contributed by atoms with Crippen LogP contribution in [0.5, 0.6) is 0 Å². The summed E-state index contributed by atoms with van der Waals surface area (Å²) in [6, 6.07) is 7.81. The van der Waals surface area contributed by atoms with Gasteiger partial charge in [0, 0.05) is 10.5 Å². The highest BCUT2D eigenvalue weighted by Gasteiger charge is 2.15. The molecule has 0 saturated heterocycles. The Balaban J connectivity index is 2.57. The third-order valence-electron chi connectivity index (χ3n) is 2.61. The van der Waals surface area contributed by atoms with Gasteiger partial charge in [0.2, 0.25) is 5.91 Å². The second-order valence-corrected chi connectivity index (χ2v) is 5.00. The maximum absolute atomic E-state index is 11.7. The van der Waals surface area contributed by atoms with Crippen LogP contribution in [0, 0.1) is 12.3 Å². The van der Waals surface area contributed by atoms with Crippen molar-refractivity contribution in [2.75, 3.05) is 6.54 Å². The van der Waals surface area contributed by atoms with E-state index in [2.05, 4.69) is 32.5 Å². The minimum absolute atomic E-state index is 0.0882. The first-order chi connectivity index (χ1) is 8.54. The maximum Gasteiger partial charge on any atom is 0.237 e. The zero-order chi connectivity index (χ0) is 13.5. The Bertz CT molecular complexity index is 453. The molecule has 1 rings (SSSR count). The molecule has 0 aromatic heterocycles. The van der Waals surface area contributed by atoms with Crippen molar-refractivity contribution in [3.8, 4) is 12.3 Å². The van der Waals surface area contributed by atoms with E-state index in [1.165, 1.54) is 0 Å². The summed E-state index contributed by atoms with van der Waals surface area (Å²) in [5.41, 5.74) is 1.13. The first-order valence-electron chi connectivity index (χ1n) is 5.77. The van der Waals surface area contributed by atoms with Crippen molar-refractivity contribution >= 4 is 21.8 Å². The van der Waals surface area contributed by atoms with Crippen LogP contribution in [0.2, 0.25) is 0 Å². The number of benzene rings is 1. The van der Waals surface area contributed by atoms with Gasteiger partial charge in [-0.25, -0.2) is 0 Å². The average Bonchev–Trinajstić information content (AvgIpc) is 2.35. The number of nitrogens with one attached hydrogen (secondary N) is 2. The van der Waals surface area contributed by atoms with Gasteiger partial charge >= 0.3 is 0 Å². The minimum atomic E-state index is -0.285. The van der Waals surface area contributed by atoms with Crippen LogP contribution in [-0.2, 0) is 4.79 Å². The fraction of sp³-hybridized carbons (Fsp3) is 0.357. The van der Waals surface area contributed by atoms with Crippen LogP contribution >= 0.6 is 15.9 Å². The highest BCUT2D eigenvalue weighted by Crippen LogP contribution is 2.18. The van der Waals surface area contributed by atoms with Crippen molar-refractivity contribution in [3.63, 3.8) is 0 Å². The van der Waals surface area contributed by atoms with Gasteiger partial charge in [0.1, 0.15) is 0 Å². The first kappa shape index (κ1) is 14.7. The Labute approximate surface area is 116 Å². The van der Waals surface area contributed by atoms with Gasteiger partial charge in [0.15, 0.2) is 0 Å². The molecule has 4 heteroatoms. The Morgan fingerprint density at radius 2 is 2.22 bits per heavy atom. The molecular formula is C14H17BrN2O. The van der Waals surface area contributed by atoms with E-state index in [0.717, 1.165) is 10.0 Å². The molecule has 0 heterocycles. The lowest BCUT2D eigenvalue weighted by atomic mass is 10.1. The maximum atomic E-state index is 11.7. The third kappa shape index (κ3) is 4.52. The van der Waals surface area contributed by atoms with Gasteiger partial charge < -0.3 is 5.32 Å². The Kier molecular flexibility index (Phi) is 5.90. The molecule has 96 valence electrons. The molecule has 1 amide bonds. The monoisotopic (exact) mass is 308 g/mol. The molecule has 0 aliphatic carbocycles. The molecule has 1 aromatic carbocycles. The molecule has 2 atom stereocenters. The largest absolute Gasteiger partial charge is 0.344 e. The lowest BCUT2D eigenvalue weighted by Gasteiger charge is -2.19. The molecule has 18 heavy (non-hydrogen) atoms. The molecule has 0 radical (unpaired) electrons. The van der Waals surface area contributed by atoms with Crippen molar-refractivity contribution in [3.05, 3.63) is 34.3 Å². The van der Waals surface area contributed by atoms with Gasteiger partial charge in [-0.2, -0.15) is 0 Å². The Morgan fingerprint density at radius 1 is 1.50 bits per heavy atom. The number of hydrogen-bond acceptors (Lipinski definition) is 2. The van der Waals surface area contributed by atoms with E-state index in [0.29, 0.717) is 0 Å². The van der Waals surface area contributed by atoms with Crippen molar-refractivity contribution in [1.82, 2.24) is 10.6 Å². The number of hydrogen-bond donors (Lipinski definition) is 2. The molecule has 0 fully saturated rings. The fourth-order valence-electron chi connectivity index (χ4n) is 1.61. The number of amides is 1. The van der Waals surface area contributed by atoms with Crippen LogP contribution in [0.1, 0.15) is 25.5 Å². The number of terminal acetylenes is 1. The van der Waals surface area contributed by atoms with Crippen LogP contribution in [0.25, 0.3) is 0 Å². The van der Waals surface area contributed by atoms with Gasteiger partial charge in [0.25, 0.3) is 0 Å². The summed E-state index contributed by atoms with van der Waals surface area (Å²) >= 11 is 3.43. The van der Waals surface area contributed by atoms with Crippen LogP contribution in [0.4, 0.5) is 0 Å². The molecule has 1 aromatic rings. The van der Waals surface area contributed by atoms with Crippen LogP contribution < -0.4 is 10.6 Å². The second kappa shape index (κ2) is 7.20. The highest BCUT2D eigenvalue weighted by molar-refractivity contribution is 9.10. The van der Waals surface area contributed by atoms with E-state index in [1.54, 1.807) is 0 Å². The molecule has 0 bridgehead atoms. The summed E-state index contributed by atoms with van der Waals surface area (Å²) < 4.78 is 1.03. The summed E-state index contributed by atoms with van der Waals surface area (Å²) in [5, 5.41) is 5.88. The molecule has 3 nitrogen and oxygen atoms in total. The topological polar surface area (TPSA) is 41.1 Å². The predicted molar refractivity (Wildman–Crippen MR) is 77.0 cm³/mol. The van der Waals surface area contributed by atoms with E-state index in [1.807, 2.05) is 38.1 Å². The number of halogens is 1. The smallest absolute Gasteiger partial charge is 0.237 e. The highest BCUT2D eigenvalue weighted by atomic mass is 79.9. The Hall–Kier alpha value is -1.31. The average molecular weight is 309 g/mol. The SMILES string of the molecule is C#CCNC(=O)C(C)N[C@@H](C)c1cccc(Br)c1. The molecule has 0 spiro atoms. The number of carbonyl (C=O) groups excluding carboxylic acids is 1. The molecular weight excluding hydrogens is 292 g/mol. The lowest BCUT2D eigenvalue weighted by Crippen LogP contribution is -2.43. The van der Waals surface area contributed by atoms with Crippen molar-refractivity contribution < 1.29 is 4.79 Å². The molecule has 0 aliphatic heterocycles. The van der Waals surface area contributed by atoms with E-state index in [4.69, 9.17) is 6.42 Å². The molecule has 1 unspecified atom stereocenters. The van der Waals surface area contributed by atoms with Crippen molar-refractivity contribution in [2.24, 2.45) is 0 Å². The van der Waals surface area contributed by atoms with Gasteiger partial charge in [-0.3, -0.25) is 10.1 Å². The zero-order valence-corrected chi connectivity index (χ0v) is 12.1. The minimum Gasteiger partial charge on any atom is -0.344 e. The summed E-state index contributed by atoms with van der Waals surface area (Å²) in [6.07, 6.45) is 5.10. The van der Waals surface area contributed by atoms with Crippen LogP contribution in [0.3, 0.4) is 0 Å². The second-order valence-electron chi connectivity index (χ2n) is 4.09.